The molecule has 0 aliphatic heterocycles. The Morgan fingerprint density at radius 2 is 1.94 bits per heavy atom. The van der Waals surface area contributed by atoms with Crippen LogP contribution in [0.1, 0.15) is 35.7 Å². The average Bonchev–Trinajstić information content (AvgIpc) is 2.74. The summed E-state index contributed by atoms with van der Waals surface area (Å²) in [6, 6.07) is 5.66. The summed E-state index contributed by atoms with van der Waals surface area (Å²) in [6.45, 7) is 6.62. The highest BCUT2D eigenvalue weighted by atomic mass is 16.3. The third kappa shape index (κ3) is 2.36. The molecule has 0 saturated carbocycles. The molecule has 90 valence electrons. The minimum Gasteiger partial charge on any atom is -0.382 e. The largest absolute Gasteiger partial charge is 0.382 e. The maximum absolute atomic E-state index is 10.4. The van der Waals surface area contributed by atoms with Gasteiger partial charge in [0.05, 0.1) is 5.69 Å². The van der Waals surface area contributed by atoms with Gasteiger partial charge in [-0.1, -0.05) is 0 Å². The van der Waals surface area contributed by atoms with Crippen molar-refractivity contribution in [1.29, 1.82) is 0 Å². The van der Waals surface area contributed by atoms with E-state index in [1.807, 2.05) is 39.0 Å². The van der Waals surface area contributed by atoms with Crippen LogP contribution in [0.4, 0.5) is 0 Å². The Morgan fingerprint density at radius 3 is 2.53 bits per heavy atom. The smallest absolute Gasteiger partial charge is 0.121 e. The zero-order chi connectivity index (χ0) is 12.4. The Labute approximate surface area is 101 Å². The second kappa shape index (κ2) is 4.67. The predicted octanol–water partition coefficient (Wildman–Crippen LogP) is 2.00. The Bertz CT molecular complexity index is 499. The highest BCUT2D eigenvalue weighted by Gasteiger charge is 2.15. The molecule has 1 unspecified atom stereocenters. The van der Waals surface area contributed by atoms with E-state index >= 15 is 0 Å². The Kier molecular flexibility index (Phi) is 3.24. The first-order chi connectivity index (χ1) is 8.11. The van der Waals surface area contributed by atoms with Crippen LogP contribution in [0.25, 0.3) is 0 Å². The van der Waals surface area contributed by atoms with E-state index in [4.69, 9.17) is 0 Å². The van der Waals surface area contributed by atoms with Gasteiger partial charge >= 0.3 is 0 Å². The van der Waals surface area contributed by atoms with E-state index < -0.39 is 6.10 Å². The van der Waals surface area contributed by atoms with Gasteiger partial charge in [-0.2, -0.15) is 5.10 Å². The summed E-state index contributed by atoms with van der Waals surface area (Å²) in [6.07, 6.45) is 1.07. The molecule has 0 fully saturated rings. The molecule has 0 amide bonds. The molecule has 2 aromatic rings. The number of pyridine rings is 1. The fraction of sp³-hybridized carbons (Fsp3) is 0.385. The highest BCUT2D eigenvalue weighted by molar-refractivity contribution is 5.28. The first-order valence-electron chi connectivity index (χ1n) is 5.76. The normalized spacial score (nSPS) is 12.7. The SMILES string of the molecule is CCn1nccc1C(O)c1cc(C)nc(C)c1. The van der Waals surface area contributed by atoms with Gasteiger partial charge in [-0.05, 0) is 44.5 Å². The van der Waals surface area contributed by atoms with E-state index in [-0.39, 0.29) is 0 Å². The molecule has 0 aliphatic carbocycles. The zero-order valence-electron chi connectivity index (χ0n) is 10.4. The van der Waals surface area contributed by atoms with Crippen LogP contribution in [-0.4, -0.2) is 19.9 Å². The molecule has 17 heavy (non-hydrogen) atoms. The first-order valence-corrected chi connectivity index (χ1v) is 5.76. The van der Waals surface area contributed by atoms with Crippen molar-refractivity contribution in [2.75, 3.05) is 0 Å². The van der Waals surface area contributed by atoms with E-state index in [0.717, 1.165) is 29.2 Å². The molecule has 1 N–H and O–H groups in total. The molecule has 4 heteroatoms. The lowest BCUT2D eigenvalue weighted by molar-refractivity contribution is 0.207. The van der Waals surface area contributed by atoms with Gasteiger partial charge in [-0.25, -0.2) is 0 Å². The van der Waals surface area contributed by atoms with Gasteiger partial charge in [0.25, 0.3) is 0 Å². The first kappa shape index (κ1) is 11.8. The van der Waals surface area contributed by atoms with Crippen LogP contribution < -0.4 is 0 Å². The van der Waals surface area contributed by atoms with Crippen molar-refractivity contribution in [1.82, 2.24) is 14.8 Å². The standard InChI is InChI=1S/C13H17N3O/c1-4-16-12(5-6-14-16)13(17)11-7-9(2)15-10(3)8-11/h5-8,13,17H,4H2,1-3H3. The van der Waals surface area contributed by atoms with Crippen molar-refractivity contribution in [3.8, 4) is 0 Å². The van der Waals surface area contributed by atoms with Crippen LogP contribution in [0.15, 0.2) is 24.4 Å². The minimum absolute atomic E-state index is 0.641. The van der Waals surface area contributed by atoms with Crippen LogP contribution in [-0.2, 0) is 6.54 Å². The van der Waals surface area contributed by atoms with Crippen LogP contribution in [0, 0.1) is 13.8 Å². The summed E-state index contributed by atoms with van der Waals surface area (Å²) >= 11 is 0. The van der Waals surface area contributed by atoms with Crippen LogP contribution >= 0.6 is 0 Å². The second-order valence-corrected chi connectivity index (χ2v) is 4.16. The van der Waals surface area contributed by atoms with Gasteiger partial charge in [-0.3, -0.25) is 9.67 Å². The maximum atomic E-state index is 10.4. The molecule has 2 rings (SSSR count). The molecule has 0 aromatic carbocycles. The zero-order valence-corrected chi connectivity index (χ0v) is 10.4. The third-order valence-corrected chi connectivity index (χ3v) is 2.75. The number of nitrogens with zero attached hydrogens (tertiary/aromatic N) is 3. The van der Waals surface area contributed by atoms with Crippen molar-refractivity contribution in [2.45, 2.75) is 33.4 Å². The van der Waals surface area contributed by atoms with Gasteiger partial charge in [0.2, 0.25) is 0 Å². The number of hydrogen-bond acceptors (Lipinski definition) is 3. The molecule has 2 heterocycles. The topological polar surface area (TPSA) is 50.9 Å². The van der Waals surface area contributed by atoms with Gasteiger partial charge in [0.15, 0.2) is 0 Å². The lowest BCUT2D eigenvalue weighted by Gasteiger charge is -2.13. The highest BCUT2D eigenvalue weighted by Crippen LogP contribution is 2.22. The van der Waals surface area contributed by atoms with Gasteiger partial charge in [-0.15, -0.1) is 0 Å². The van der Waals surface area contributed by atoms with Gasteiger partial charge < -0.3 is 5.11 Å². The average molecular weight is 231 g/mol. The third-order valence-electron chi connectivity index (χ3n) is 2.75. The van der Waals surface area contributed by atoms with E-state index in [0.29, 0.717) is 0 Å². The van der Waals surface area contributed by atoms with E-state index in [2.05, 4.69) is 10.1 Å². The van der Waals surface area contributed by atoms with Crippen LogP contribution in [0.2, 0.25) is 0 Å². The number of hydrogen-bond donors (Lipinski definition) is 1. The molecule has 0 saturated heterocycles. The molecular weight excluding hydrogens is 214 g/mol. The maximum Gasteiger partial charge on any atom is 0.121 e. The molecule has 0 aliphatic rings. The summed E-state index contributed by atoms with van der Waals surface area (Å²) in [4.78, 5) is 4.31. The fourth-order valence-corrected chi connectivity index (χ4v) is 2.03. The van der Waals surface area contributed by atoms with Crippen LogP contribution in [0.3, 0.4) is 0 Å². The quantitative estimate of drug-likeness (QED) is 0.879. The number of aliphatic hydroxyl groups is 1. The number of aryl methyl sites for hydroxylation is 3. The number of rotatable bonds is 3. The van der Waals surface area contributed by atoms with Gasteiger partial charge in [0.1, 0.15) is 6.10 Å². The lowest BCUT2D eigenvalue weighted by atomic mass is 10.1. The minimum atomic E-state index is -0.641. The summed E-state index contributed by atoms with van der Waals surface area (Å²) in [5, 5.41) is 14.5. The second-order valence-electron chi connectivity index (χ2n) is 4.16. The summed E-state index contributed by atoms with van der Waals surface area (Å²) in [5.74, 6) is 0. The molecular formula is C13H17N3O. The number of aliphatic hydroxyl groups excluding tert-OH is 1. The van der Waals surface area contributed by atoms with Crippen molar-refractivity contribution in [3.63, 3.8) is 0 Å². The van der Waals surface area contributed by atoms with E-state index in [1.165, 1.54) is 0 Å². The predicted molar refractivity (Wildman–Crippen MR) is 65.7 cm³/mol. The van der Waals surface area contributed by atoms with E-state index in [1.54, 1.807) is 10.9 Å². The lowest BCUT2D eigenvalue weighted by Crippen LogP contribution is -2.09. The molecule has 0 bridgehead atoms. The molecule has 1 atom stereocenters. The van der Waals surface area contributed by atoms with Crippen molar-refractivity contribution >= 4 is 0 Å². The fourth-order valence-electron chi connectivity index (χ4n) is 2.03. The Hall–Kier alpha value is -1.68. The van der Waals surface area contributed by atoms with E-state index in [9.17, 15) is 5.11 Å². The molecule has 4 nitrogen and oxygen atoms in total. The van der Waals surface area contributed by atoms with Crippen molar-refractivity contribution in [3.05, 3.63) is 47.0 Å². The van der Waals surface area contributed by atoms with Crippen molar-refractivity contribution in [2.24, 2.45) is 0 Å². The Morgan fingerprint density at radius 1 is 1.29 bits per heavy atom. The van der Waals surface area contributed by atoms with Crippen LogP contribution in [0.5, 0.6) is 0 Å². The molecule has 0 radical (unpaired) electrons. The van der Waals surface area contributed by atoms with Crippen molar-refractivity contribution < 1.29 is 5.11 Å². The Balaban J connectivity index is 2.39. The number of aromatic nitrogens is 3. The van der Waals surface area contributed by atoms with Gasteiger partial charge in [0, 0.05) is 24.1 Å². The summed E-state index contributed by atoms with van der Waals surface area (Å²) < 4.78 is 1.80. The summed E-state index contributed by atoms with van der Waals surface area (Å²) in [5.41, 5.74) is 3.52. The monoisotopic (exact) mass is 231 g/mol. The summed E-state index contributed by atoms with van der Waals surface area (Å²) in [7, 11) is 0. The molecule has 0 spiro atoms. The molecule has 2 aromatic heterocycles.